The molecule has 0 fully saturated rings. The fraction of sp³-hybridized carbons (Fsp3) is 0.385. The van der Waals surface area contributed by atoms with Gasteiger partial charge in [-0.15, -0.1) is 0 Å². The molecule has 1 aromatic rings. The van der Waals surface area contributed by atoms with Crippen LogP contribution >= 0.6 is 0 Å². The zero-order valence-corrected chi connectivity index (χ0v) is 11.7. The number of carbonyl (C=O) groups excluding carboxylic acids is 2. The van der Waals surface area contributed by atoms with Gasteiger partial charge in [-0.1, -0.05) is 0 Å². The summed E-state index contributed by atoms with van der Waals surface area (Å²) in [5.74, 6) is -0.0316. The molecule has 0 aromatic heterocycles. The van der Waals surface area contributed by atoms with E-state index in [0.717, 1.165) is 11.7 Å². The molecule has 0 saturated carbocycles. The minimum absolute atomic E-state index is 0.00754. The second-order valence-electron chi connectivity index (χ2n) is 3.74. The summed E-state index contributed by atoms with van der Waals surface area (Å²) in [6, 6.07) is 10.3. The van der Waals surface area contributed by atoms with E-state index in [4.69, 9.17) is 0 Å². The topological polar surface area (TPSA) is 46.2 Å². The van der Waals surface area contributed by atoms with Gasteiger partial charge in [0.15, 0.2) is 0 Å². The van der Waals surface area contributed by atoms with Crippen molar-refractivity contribution in [1.82, 2.24) is 5.32 Å². The van der Waals surface area contributed by atoms with Gasteiger partial charge in [0.05, 0.1) is 0 Å². The number of amides is 1. The number of Topliss-reactive ketones (excluding diaryl/α,β-unsaturated/α-hetero) is 1. The van der Waals surface area contributed by atoms with Gasteiger partial charge < -0.3 is 0 Å². The second-order valence-corrected chi connectivity index (χ2v) is 6.20. The number of ketones is 1. The molecule has 0 saturated heterocycles. The Morgan fingerprint density at radius 1 is 1.24 bits per heavy atom. The summed E-state index contributed by atoms with van der Waals surface area (Å²) in [7, 11) is 0. The van der Waals surface area contributed by atoms with Crippen LogP contribution in [0, 0.1) is 0 Å². The van der Waals surface area contributed by atoms with E-state index in [2.05, 4.69) is 17.4 Å². The van der Waals surface area contributed by atoms with Crippen LogP contribution in [0.3, 0.4) is 0 Å². The molecule has 17 heavy (non-hydrogen) atoms. The molecule has 4 heteroatoms. The predicted molar refractivity (Wildman–Crippen MR) is 69.6 cm³/mol. The van der Waals surface area contributed by atoms with Crippen molar-refractivity contribution in [3.8, 4) is 0 Å². The Kier molecular flexibility index (Phi) is 6.60. The van der Waals surface area contributed by atoms with Gasteiger partial charge in [0.25, 0.3) is 0 Å². The van der Waals surface area contributed by atoms with Crippen LogP contribution in [0.4, 0.5) is 0 Å². The van der Waals surface area contributed by atoms with Crippen molar-refractivity contribution in [2.75, 3.05) is 6.54 Å². The number of carbonyl (C=O) groups is 2. The van der Waals surface area contributed by atoms with E-state index < -0.39 is 0 Å². The van der Waals surface area contributed by atoms with Crippen molar-refractivity contribution >= 4 is 31.1 Å². The van der Waals surface area contributed by atoms with Crippen molar-refractivity contribution in [3.63, 3.8) is 0 Å². The van der Waals surface area contributed by atoms with Gasteiger partial charge in [0.2, 0.25) is 0 Å². The van der Waals surface area contributed by atoms with E-state index in [1.54, 1.807) is 0 Å². The fourth-order valence-corrected chi connectivity index (χ4v) is 3.08. The van der Waals surface area contributed by atoms with Gasteiger partial charge in [0.1, 0.15) is 0 Å². The number of hydrogen-bond donors (Lipinski definition) is 1. The minimum atomic E-state index is -0.0240. The van der Waals surface area contributed by atoms with Crippen LogP contribution in [0.25, 0.3) is 0 Å². The van der Waals surface area contributed by atoms with E-state index in [1.807, 2.05) is 18.2 Å². The van der Waals surface area contributed by atoms with Gasteiger partial charge in [0, 0.05) is 0 Å². The third kappa shape index (κ3) is 6.92. The van der Waals surface area contributed by atoms with Gasteiger partial charge in [-0.2, -0.15) is 0 Å². The third-order valence-corrected chi connectivity index (χ3v) is 4.40. The molecule has 0 spiro atoms. The maximum absolute atomic E-state index is 11.3. The molecule has 0 bridgehead atoms. The molecule has 0 unspecified atom stereocenters. The molecular formula is C13H17NO2Se. The normalized spacial score (nSPS) is 9.94. The van der Waals surface area contributed by atoms with Gasteiger partial charge in [-0.3, -0.25) is 0 Å². The number of nitrogens with one attached hydrogen (secondary N) is 1. The van der Waals surface area contributed by atoms with Crippen LogP contribution in [-0.2, 0) is 9.59 Å². The second kappa shape index (κ2) is 8.04. The van der Waals surface area contributed by atoms with Crippen LogP contribution in [-0.4, -0.2) is 33.2 Å². The Hall–Kier alpha value is -1.12. The summed E-state index contributed by atoms with van der Waals surface area (Å²) in [5.41, 5.74) is 0. The van der Waals surface area contributed by atoms with Crippen molar-refractivity contribution in [2.24, 2.45) is 0 Å². The molecule has 1 aromatic carbocycles. The van der Waals surface area contributed by atoms with Crippen LogP contribution in [0.1, 0.15) is 19.8 Å². The number of benzene rings is 1. The van der Waals surface area contributed by atoms with Gasteiger partial charge in [-0.25, -0.2) is 0 Å². The summed E-state index contributed by atoms with van der Waals surface area (Å²) >= 11 is 0.447. The van der Waals surface area contributed by atoms with Crippen molar-refractivity contribution in [2.45, 2.75) is 25.1 Å². The molecule has 1 N–H and O–H groups in total. The van der Waals surface area contributed by atoms with Crippen LogP contribution in [0.2, 0.25) is 5.32 Å². The summed E-state index contributed by atoms with van der Waals surface area (Å²) in [5, 5.41) is 3.66. The maximum atomic E-state index is 11.3. The Morgan fingerprint density at radius 2 is 1.94 bits per heavy atom. The van der Waals surface area contributed by atoms with E-state index in [1.165, 1.54) is 11.4 Å². The molecule has 3 nitrogen and oxygen atoms in total. The molecule has 0 aliphatic rings. The Labute approximate surface area is 108 Å². The van der Waals surface area contributed by atoms with Crippen molar-refractivity contribution in [1.29, 1.82) is 0 Å². The van der Waals surface area contributed by atoms with Gasteiger partial charge >= 0.3 is 108 Å². The van der Waals surface area contributed by atoms with Crippen LogP contribution < -0.4 is 9.78 Å². The molecule has 0 radical (unpaired) electrons. The molecular weight excluding hydrogens is 281 g/mol. The summed E-state index contributed by atoms with van der Waals surface area (Å²) in [4.78, 5) is 22.0. The molecule has 1 rings (SSSR count). The standard InChI is InChI=1S/C13H17NO2Se/c1-11(15)10-14-13(16)8-5-9-17-12-6-3-2-4-7-12/h2-4,6-7H,5,8-10H2,1H3,(H,14,16). The van der Waals surface area contributed by atoms with Crippen LogP contribution in [0.15, 0.2) is 30.3 Å². The first-order valence-corrected chi connectivity index (χ1v) is 7.69. The van der Waals surface area contributed by atoms with Crippen molar-refractivity contribution < 1.29 is 9.59 Å². The SMILES string of the molecule is CC(=O)CNC(=O)CCC[Se]c1ccccc1. The molecule has 1 amide bonds. The monoisotopic (exact) mass is 299 g/mol. The molecule has 0 aliphatic carbocycles. The predicted octanol–water partition coefficient (Wildman–Crippen LogP) is 0.920. The summed E-state index contributed by atoms with van der Waals surface area (Å²) < 4.78 is 1.36. The number of rotatable bonds is 7. The summed E-state index contributed by atoms with van der Waals surface area (Å²) in [6.07, 6.45) is 1.40. The zero-order chi connectivity index (χ0) is 12.5. The molecule has 0 aliphatic heterocycles. The molecule has 0 heterocycles. The van der Waals surface area contributed by atoms with E-state index in [-0.39, 0.29) is 18.2 Å². The quantitative estimate of drug-likeness (QED) is 0.601. The first-order chi connectivity index (χ1) is 8.18. The third-order valence-electron chi connectivity index (χ3n) is 2.09. The van der Waals surface area contributed by atoms with E-state index in [9.17, 15) is 9.59 Å². The Balaban J connectivity index is 2.08. The van der Waals surface area contributed by atoms with Crippen LogP contribution in [0.5, 0.6) is 0 Å². The van der Waals surface area contributed by atoms with E-state index in [0.29, 0.717) is 21.4 Å². The molecule has 0 atom stereocenters. The Bertz CT molecular complexity index is 365. The number of hydrogen-bond acceptors (Lipinski definition) is 2. The van der Waals surface area contributed by atoms with Crippen molar-refractivity contribution in [3.05, 3.63) is 30.3 Å². The Morgan fingerprint density at radius 3 is 2.59 bits per heavy atom. The first kappa shape index (κ1) is 13.9. The first-order valence-electron chi connectivity index (χ1n) is 5.62. The average molecular weight is 298 g/mol. The van der Waals surface area contributed by atoms with E-state index >= 15 is 0 Å². The fourth-order valence-electron chi connectivity index (χ4n) is 1.25. The molecule has 92 valence electrons. The van der Waals surface area contributed by atoms with Gasteiger partial charge in [-0.05, 0) is 0 Å². The average Bonchev–Trinajstić information content (AvgIpc) is 2.33. The summed E-state index contributed by atoms with van der Waals surface area (Å²) in [6.45, 7) is 1.63. The zero-order valence-electron chi connectivity index (χ0n) is 9.94.